The van der Waals surface area contributed by atoms with Gasteiger partial charge in [0.25, 0.3) is 0 Å². The van der Waals surface area contributed by atoms with Crippen molar-refractivity contribution in [2.75, 3.05) is 7.11 Å². The molecule has 0 radical (unpaired) electrons. The van der Waals surface area contributed by atoms with Crippen LogP contribution in [0, 0.1) is 5.41 Å². The molecule has 2 rings (SSSR count). The van der Waals surface area contributed by atoms with Crippen molar-refractivity contribution in [1.29, 1.82) is 0 Å². The van der Waals surface area contributed by atoms with Crippen LogP contribution in [0.1, 0.15) is 67.3 Å². The molecular formula is C18H24O4. The highest BCUT2D eigenvalue weighted by Gasteiger charge is 2.42. The van der Waals surface area contributed by atoms with Gasteiger partial charge in [-0.2, -0.15) is 0 Å². The molecule has 0 aliphatic heterocycles. The van der Waals surface area contributed by atoms with Crippen LogP contribution in [0.4, 0.5) is 0 Å². The molecule has 22 heavy (non-hydrogen) atoms. The van der Waals surface area contributed by atoms with E-state index >= 15 is 0 Å². The van der Waals surface area contributed by atoms with Gasteiger partial charge in [0.05, 0.1) is 18.1 Å². The molecule has 4 heteroatoms. The van der Waals surface area contributed by atoms with Gasteiger partial charge in [0.1, 0.15) is 0 Å². The van der Waals surface area contributed by atoms with E-state index in [4.69, 9.17) is 4.74 Å². The molecule has 1 aliphatic carbocycles. The van der Waals surface area contributed by atoms with E-state index in [-0.39, 0.29) is 11.9 Å². The van der Waals surface area contributed by atoms with E-state index in [1.165, 1.54) is 7.11 Å². The summed E-state index contributed by atoms with van der Waals surface area (Å²) < 4.78 is 4.70. The lowest BCUT2D eigenvalue weighted by molar-refractivity contribution is -0.152. The van der Waals surface area contributed by atoms with Gasteiger partial charge in [0.2, 0.25) is 0 Å². The third-order valence-electron chi connectivity index (χ3n) is 4.83. The number of carbonyl (C=O) groups excluding carboxylic acids is 1. The number of esters is 1. The molecule has 1 aliphatic rings. The SMILES string of the molecule is CCC[C@@]1(C(=O)O)CCC[C@H](c2ccc(C(=O)OC)cc2)C1. The number of carboxylic acids is 1. The van der Waals surface area contributed by atoms with E-state index in [1.54, 1.807) is 12.1 Å². The van der Waals surface area contributed by atoms with Gasteiger partial charge in [-0.15, -0.1) is 0 Å². The Labute approximate surface area is 131 Å². The Balaban J connectivity index is 2.18. The van der Waals surface area contributed by atoms with Crippen LogP contribution < -0.4 is 0 Å². The maximum absolute atomic E-state index is 11.8. The fourth-order valence-corrected chi connectivity index (χ4v) is 3.66. The Morgan fingerprint density at radius 2 is 2.00 bits per heavy atom. The van der Waals surface area contributed by atoms with Gasteiger partial charge < -0.3 is 9.84 Å². The van der Waals surface area contributed by atoms with E-state index in [1.807, 2.05) is 19.1 Å². The van der Waals surface area contributed by atoms with Crippen molar-refractivity contribution < 1.29 is 19.4 Å². The first kappa shape index (κ1) is 16.5. The van der Waals surface area contributed by atoms with Gasteiger partial charge in [0, 0.05) is 0 Å². The molecule has 1 saturated carbocycles. The maximum Gasteiger partial charge on any atom is 0.337 e. The van der Waals surface area contributed by atoms with Crippen molar-refractivity contribution in [3.8, 4) is 0 Å². The summed E-state index contributed by atoms with van der Waals surface area (Å²) >= 11 is 0. The molecule has 0 bridgehead atoms. The van der Waals surface area contributed by atoms with Crippen LogP contribution >= 0.6 is 0 Å². The first-order valence-corrected chi connectivity index (χ1v) is 7.94. The third-order valence-corrected chi connectivity index (χ3v) is 4.83. The molecule has 4 nitrogen and oxygen atoms in total. The van der Waals surface area contributed by atoms with Crippen LogP contribution in [0.5, 0.6) is 0 Å². The number of hydrogen-bond donors (Lipinski definition) is 1. The average molecular weight is 304 g/mol. The normalized spacial score (nSPS) is 24.7. The van der Waals surface area contributed by atoms with E-state index < -0.39 is 11.4 Å². The number of benzene rings is 1. The monoisotopic (exact) mass is 304 g/mol. The largest absolute Gasteiger partial charge is 0.481 e. The Bertz CT molecular complexity index is 531. The summed E-state index contributed by atoms with van der Waals surface area (Å²) in [4.78, 5) is 23.2. The summed E-state index contributed by atoms with van der Waals surface area (Å²) in [6.45, 7) is 2.04. The fourth-order valence-electron chi connectivity index (χ4n) is 3.66. The third kappa shape index (κ3) is 3.32. The number of carbonyl (C=O) groups is 2. The van der Waals surface area contributed by atoms with Gasteiger partial charge in [-0.25, -0.2) is 4.79 Å². The lowest BCUT2D eigenvalue weighted by Gasteiger charge is -2.38. The smallest absolute Gasteiger partial charge is 0.337 e. The zero-order valence-electron chi connectivity index (χ0n) is 13.3. The van der Waals surface area contributed by atoms with Crippen molar-refractivity contribution >= 4 is 11.9 Å². The summed E-state index contributed by atoms with van der Waals surface area (Å²) in [7, 11) is 1.36. The molecular weight excluding hydrogens is 280 g/mol. The van der Waals surface area contributed by atoms with Gasteiger partial charge in [-0.05, 0) is 49.3 Å². The lowest BCUT2D eigenvalue weighted by Crippen LogP contribution is -2.35. The molecule has 0 unspecified atom stereocenters. The van der Waals surface area contributed by atoms with Crippen LogP contribution in [-0.2, 0) is 9.53 Å². The quantitative estimate of drug-likeness (QED) is 0.835. The first-order chi connectivity index (χ1) is 10.5. The number of hydrogen-bond acceptors (Lipinski definition) is 3. The van der Waals surface area contributed by atoms with Crippen molar-refractivity contribution in [3.05, 3.63) is 35.4 Å². The number of methoxy groups -OCH3 is 1. The first-order valence-electron chi connectivity index (χ1n) is 7.94. The predicted octanol–water partition coefficient (Wildman–Crippen LogP) is 4.00. The van der Waals surface area contributed by atoms with E-state index in [9.17, 15) is 14.7 Å². The van der Waals surface area contributed by atoms with Crippen molar-refractivity contribution in [3.63, 3.8) is 0 Å². The molecule has 120 valence electrons. The van der Waals surface area contributed by atoms with E-state index in [2.05, 4.69) is 0 Å². The molecule has 1 fully saturated rings. The summed E-state index contributed by atoms with van der Waals surface area (Å²) in [5, 5.41) is 9.67. The predicted molar refractivity (Wildman–Crippen MR) is 84.0 cm³/mol. The van der Waals surface area contributed by atoms with E-state index in [0.717, 1.165) is 37.7 Å². The number of rotatable bonds is 5. The van der Waals surface area contributed by atoms with Crippen molar-refractivity contribution in [2.45, 2.75) is 51.4 Å². The Hall–Kier alpha value is -1.84. The van der Waals surface area contributed by atoms with Crippen LogP contribution in [0.25, 0.3) is 0 Å². The zero-order valence-corrected chi connectivity index (χ0v) is 13.3. The van der Waals surface area contributed by atoms with Crippen LogP contribution in [-0.4, -0.2) is 24.2 Å². The minimum absolute atomic E-state index is 0.253. The summed E-state index contributed by atoms with van der Waals surface area (Å²) in [5.74, 6) is -0.755. The Kier molecular flexibility index (Phi) is 5.22. The summed E-state index contributed by atoms with van der Waals surface area (Å²) in [5.41, 5.74) is 1.06. The molecule has 1 aromatic carbocycles. The van der Waals surface area contributed by atoms with Crippen LogP contribution in [0.2, 0.25) is 0 Å². The summed E-state index contributed by atoms with van der Waals surface area (Å²) in [6, 6.07) is 7.39. The molecule has 1 N–H and O–H groups in total. The van der Waals surface area contributed by atoms with Gasteiger partial charge >= 0.3 is 11.9 Å². The molecule has 0 amide bonds. The average Bonchev–Trinajstić information content (AvgIpc) is 2.54. The van der Waals surface area contributed by atoms with Gasteiger partial charge in [-0.1, -0.05) is 31.9 Å². The number of ether oxygens (including phenoxy) is 1. The maximum atomic E-state index is 11.8. The lowest BCUT2D eigenvalue weighted by atomic mass is 9.66. The highest BCUT2D eigenvalue weighted by molar-refractivity contribution is 5.89. The van der Waals surface area contributed by atoms with Crippen molar-refractivity contribution in [1.82, 2.24) is 0 Å². The second kappa shape index (κ2) is 6.95. The molecule has 0 aromatic heterocycles. The standard InChI is InChI=1S/C18H24O4/c1-3-10-18(17(20)21)11-4-5-15(12-18)13-6-8-14(9-7-13)16(19)22-2/h6-9,15H,3-5,10-12H2,1-2H3,(H,20,21)/t15-,18+/m0/s1. The molecule has 2 atom stereocenters. The fraction of sp³-hybridized carbons (Fsp3) is 0.556. The zero-order chi connectivity index (χ0) is 16.2. The molecule has 1 aromatic rings. The Morgan fingerprint density at radius 3 is 2.55 bits per heavy atom. The highest BCUT2D eigenvalue weighted by Crippen LogP contribution is 2.46. The number of aliphatic carboxylic acids is 1. The van der Waals surface area contributed by atoms with Crippen LogP contribution in [0.3, 0.4) is 0 Å². The van der Waals surface area contributed by atoms with Crippen LogP contribution in [0.15, 0.2) is 24.3 Å². The molecule has 0 saturated heterocycles. The minimum Gasteiger partial charge on any atom is -0.481 e. The summed E-state index contributed by atoms with van der Waals surface area (Å²) in [6.07, 6.45) is 5.03. The number of carboxylic acid groups (broad SMARTS) is 1. The van der Waals surface area contributed by atoms with Gasteiger partial charge in [0.15, 0.2) is 0 Å². The second-order valence-electron chi connectivity index (χ2n) is 6.24. The van der Waals surface area contributed by atoms with Crippen molar-refractivity contribution in [2.24, 2.45) is 5.41 Å². The highest BCUT2D eigenvalue weighted by atomic mass is 16.5. The minimum atomic E-state index is -0.662. The van der Waals surface area contributed by atoms with E-state index in [0.29, 0.717) is 12.0 Å². The second-order valence-corrected chi connectivity index (χ2v) is 6.24. The Morgan fingerprint density at radius 1 is 1.32 bits per heavy atom. The van der Waals surface area contributed by atoms with Gasteiger partial charge in [-0.3, -0.25) is 4.79 Å². The molecule has 0 heterocycles. The topological polar surface area (TPSA) is 63.6 Å². The molecule has 0 spiro atoms.